The smallest absolute Gasteiger partial charge is 0.273 e. The van der Waals surface area contributed by atoms with Gasteiger partial charge in [-0.1, -0.05) is 37.3 Å². The maximum Gasteiger partial charge on any atom is 0.273 e. The largest absolute Gasteiger partial charge is 0.484 e. The molecule has 0 heterocycles. The van der Waals surface area contributed by atoms with Gasteiger partial charge in [-0.2, -0.15) is 0 Å². The molecule has 0 aliphatic rings. The summed E-state index contributed by atoms with van der Waals surface area (Å²) in [5.74, 6) is 0.00729. The van der Waals surface area contributed by atoms with Gasteiger partial charge in [-0.25, -0.2) is 0 Å². The molecule has 0 saturated carbocycles. The van der Waals surface area contributed by atoms with Gasteiger partial charge in [-0.3, -0.25) is 14.9 Å². The molecular formula is C18H20N2O4. The maximum atomic E-state index is 12.0. The van der Waals surface area contributed by atoms with E-state index < -0.39 is 4.92 Å². The maximum absolute atomic E-state index is 12.0. The van der Waals surface area contributed by atoms with Gasteiger partial charge in [0.2, 0.25) is 0 Å². The van der Waals surface area contributed by atoms with E-state index >= 15 is 0 Å². The van der Waals surface area contributed by atoms with Crippen molar-refractivity contribution in [2.45, 2.75) is 26.3 Å². The SMILES string of the molecule is CCc1ccc([C@@H](C)NC(=O)COc2cccc([N+](=O)[O-])c2)cc1. The molecule has 24 heavy (non-hydrogen) atoms. The number of ether oxygens (including phenoxy) is 1. The van der Waals surface area contributed by atoms with Gasteiger partial charge in [0.05, 0.1) is 17.0 Å². The number of aryl methyl sites for hydroxylation is 1. The van der Waals surface area contributed by atoms with Crippen LogP contribution in [-0.2, 0) is 11.2 Å². The second-order valence-corrected chi connectivity index (χ2v) is 5.43. The quantitative estimate of drug-likeness (QED) is 0.624. The van der Waals surface area contributed by atoms with Crippen LogP contribution in [0.4, 0.5) is 5.69 Å². The molecule has 0 fully saturated rings. The van der Waals surface area contributed by atoms with Crippen molar-refractivity contribution in [3.05, 3.63) is 69.8 Å². The first kappa shape index (κ1) is 17.5. The van der Waals surface area contributed by atoms with Crippen LogP contribution >= 0.6 is 0 Å². The van der Waals surface area contributed by atoms with Crippen LogP contribution < -0.4 is 10.1 Å². The highest BCUT2D eigenvalue weighted by molar-refractivity contribution is 5.78. The monoisotopic (exact) mass is 328 g/mol. The Balaban J connectivity index is 1.88. The van der Waals surface area contributed by atoms with Gasteiger partial charge in [0.25, 0.3) is 11.6 Å². The Kier molecular flexibility index (Phi) is 5.89. The first-order valence-electron chi connectivity index (χ1n) is 7.75. The Hall–Kier alpha value is -2.89. The standard InChI is InChI=1S/C18H20N2O4/c1-3-14-7-9-15(10-8-14)13(2)19-18(21)12-24-17-6-4-5-16(11-17)20(22)23/h4-11,13H,3,12H2,1-2H3,(H,19,21)/t13-/m1/s1. The lowest BCUT2D eigenvalue weighted by molar-refractivity contribution is -0.384. The highest BCUT2D eigenvalue weighted by Gasteiger charge is 2.11. The van der Waals surface area contributed by atoms with Gasteiger partial charge in [0, 0.05) is 6.07 Å². The van der Waals surface area contributed by atoms with Crippen molar-refractivity contribution in [1.29, 1.82) is 0 Å². The van der Waals surface area contributed by atoms with Crippen molar-refractivity contribution in [2.24, 2.45) is 0 Å². The Morgan fingerprint density at radius 2 is 1.96 bits per heavy atom. The molecule has 0 aliphatic carbocycles. The first-order chi connectivity index (χ1) is 11.5. The highest BCUT2D eigenvalue weighted by atomic mass is 16.6. The minimum Gasteiger partial charge on any atom is -0.484 e. The van der Waals surface area contributed by atoms with Gasteiger partial charge in [-0.05, 0) is 30.5 Å². The van der Waals surface area contributed by atoms with E-state index in [2.05, 4.69) is 12.2 Å². The second kappa shape index (κ2) is 8.10. The molecule has 2 aromatic rings. The van der Waals surface area contributed by atoms with Crippen molar-refractivity contribution >= 4 is 11.6 Å². The Bertz CT molecular complexity index is 713. The fourth-order valence-electron chi connectivity index (χ4n) is 2.24. The van der Waals surface area contributed by atoms with Crippen LogP contribution in [-0.4, -0.2) is 17.4 Å². The zero-order valence-corrected chi connectivity index (χ0v) is 13.7. The molecule has 0 aliphatic heterocycles. The summed E-state index contributed by atoms with van der Waals surface area (Å²) in [6, 6.07) is 13.7. The summed E-state index contributed by atoms with van der Waals surface area (Å²) in [6.45, 7) is 3.79. The van der Waals surface area contributed by atoms with Crippen LogP contribution in [0, 0.1) is 10.1 Å². The lowest BCUT2D eigenvalue weighted by Gasteiger charge is -2.15. The molecule has 2 rings (SSSR count). The number of non-ortho nitro benzene ring substituents is 1. The van der Waals surface area contributed by atoms with Crippen LogP contribution in [0.5, 0.6) is 5.75 Å². The Morgan fingerprint density at radius 1 is 1.25 bits per heavy atom. The van der Waals surface area contributed by atoms with E-state index in [4.69, 9.17) is 4.74 Å². The third-order valence-corrected chi connectivity index (χ3v) is 3.66. The van der Waals surface area contributed by atoms with Gasteiger partial charge < -0.3 is 10.1 Å². The van der Waals surface area contributed by atoms with E-state index in [-0.39, 0.29) is 24.2 Å². The first-order valence-corrected chi connectivity index (χ1v) is 7.75. The van der Waals surface area contributed by atoms with Crippen molar-refractivity contribution in [3.8, 4) is 5.75 Å². The topological polar surface area (TPSA) is 81.5 Å². The number of benzene rings is 2. The molecule has 1 atom stereocenters. The highest BCUT2D eigenvalue weighted by Crippen LogP contribution is 2.19. The zero-order chi connectivity index (χ0) is 17.5. The molecule has 0 bridgehead atoms. The summed E-state index contributed by atoms with van der Waals surface area (Å²) < 4.78 is 5.32. The lowest BCUT2D eigenvalue weighted by Crippen LogP contribution is -2.31. The van der Waals surface area contributed by atoms with E-state index in [1.807, 2.05) is 31.2 Å². The molecule has 1 amide bonds. The van der Waals surface area contributed by atoms with Gasteiger partial charge >= 0.3 is 0 Å². The molecular weight excluding hydrogens is 308 g/mol. The number of nitrogens with one attached hydrogen (secondary N) is 1. The van der Waals surface area contributed by atoms with Gasteiger partial charge in [0.1, 0.15) is 5.75 Å². The Morgan fingerprint density at radius 3 is 2.58 bits per heavy atom. The number of nitro groups is 1. The molecule has 1 N–H and O–H groups in total. The minimum absolute atomic E-state index is 0.0720. The summed E-state index contributed by atoms with van der Waals surface area (Å²) in [7, 11) is 0. The number of nitrogens with zero attached hydrogens (tertiary/aromatic N) is 1. The molecule has 126 valence electrons. The number of nitro benzene ring substituents is 1. The number of carbonyl (C=O) groups is 1. The van der Waals surface area contributed by atoms with E-state index in [0.717, 1.165) is 12.0 Å². The fraction of sp³-hybridized carbons (Fsp3) is 0.278. The average Bonchev–Trinajstić information content (AvgIpc) is 2.60. The summed E-state index contributed by atoms with van der Waals surface area (Å²) in [6.07, 6.45) is 0.970. The van der Waals surface area contributed by atoms with E-state index in [0.29, 0.717) is 5.75 Å². The van der Waals surface area contributed by atoms with Crippen LogP contribution in [0.1, 0.15) is 31.0 Å². The van der Waals surface area contributed by atoms with Crippen LogP contribution in [0.25, 0.3) is 0 Å². The van der Waals surface area contributed by atoms with E-state index in [1.54, 1.807) is 6.07 Å². The summed E-state index contributed by atoms with van der Waals surface area (Å²) in [5.41, 5.74) is 2.18. The van der Waals surface area contributed by atoms with Crippen LogP contribution in [0.15, 0.2) is 48.5 Å². The zero-order valence-electron chi connectivity index (χ0n) is 13.7. The molecule has 6 nitrogen and oxygen atoms in total. The third-order valence-electron chi connectivity index (χ3n) is 3.66. The van der Waals surface area contributed by atoms with Crippen molar-refractivity contribution in [1.82, 2.24) is 5.32 Å². The fourth-order valence-corrected chi connectivity index (χ4v) is 2.24. The van der Waals surface area contributed by atoms with Gasteiger partial charge in [0.15, 0.2) is 6.61 Å². The van der Waals surface area contributed by atoms with Gasteiger partial charge in [-0.15, -0.1) is 0 Å². The minimum atomic E-state index is -0.505. The predicted octanol–water partition coefficient (Wildman–Crippen LogP) is 3.41. The Labute approximate surface area is 140 Å². The lowest BCUT2D eigenvalue weighted by atomic mass is 10.1. The summed E-state index contributed by atoms with van der Waals surface area (Å²) >= 11 is 0. The molecule has 2 aromatic carbocycles. The van der Waals surface area contributed by atoms with E-state index in [9.17, 15) is 14.9 Å². The summed E-state index contributed by atoms with van der Waals surface area (Å²) in [4.78, 5) is 22.2. The molecule has 0 radical (unpaired) electrons. The van der Waals surface area contributed by atoms with Crippen LogP contribution in [0.3, 0.4) is 0 Å². The number of hydrogen-bond donors (Lipinski definition) is 1. The number of rotatable bonds is 7. The number of carbonyl (C=O) groups excluding carboxylic acids is 1. The molecule has 0 unspecified atom stereocenters. The summed E-state index contributed by atoms with van der Waals surface area (Å²) in [5, 5.41) is 13.6. The molecule has 6 heteroatoms. The number of hydrogen-bond acceptors (Lipinski definition) is 4. The average molecular weight is 328 g/mol. The predicted molar refractivity (Wildman–Crippen MR) is 91.0 cm³/mol. The van der Waals surface area contributed by atoms with Crippen molar-refractivity contribution in [2.75, 3.05) is 6.61 Å². The van der Waals surface area contributed by atoms with Crippen LogP contribution in [0.2, 0.25) is 0 Å². The molecule has 0 spiro atoms. The normalized spacial score (nSPS) is 11.6. The molecule has 0 aromatic heterocycles. The number of amides is 1. The van der Waals surface area contributed by atoms with E-state index in [1.165, 1.54) is 23.8 Å². The van der Waals surface area contributed by atoms with Crippen molar-refractivity contribution in [3.63, 3.8) is 0 Å². The molecule has 0 saturated heterocycles. The second-order valence-electron chi connectivity index (χ2n) is 5.43. The third kappa shape index (κ3) is 4.81. The van der Waals surface area contributed by atoms with Crippen molar-refractivity contribution < 1.29 is 14.5 Å².